The molecule has 0 bridgehead atoms. The molecule has 1 aromatic heterocycles. The third-order valence-corrected chi connectivity index (χ3v) is 5.62. The third kappa shape index (κ3) is 4.15. The second-order valence-corrected chi connectivity index (χ2v) is 8.06. The summed E-state index contributed by atoms with van der Waals surface area (Å²) in [4.78, 5) is 29.7. The number of para-hydroxylation sites is 1. The number of aryl methyl sites for hydroxylation is 1. The molecule has 1 aliphatic rings. The molecule has 2 aromatic carbocycles. The number of carbonyl (C=O) groups is 2. The van der Waals surface area contributed by atoms with Crippen LogP contribution in [0.25, 0.3) is 11.3 Å². The minimum absolute atomic E-state index is 0.0520. The quantitative estimate of drug-likeness (QED) is 0.633. The van der Waals surface area contributed by atoms with Crippen LogP contribution in [0.2, 0.25) is 0 Å². The smallest absolute Gasteiger partial charge is 0.273 e. The third-order valence-electron chi connectivity index (χ3n) is 4.73. The van der Waals surface area contributed by atoms with Crippen molar-refractivity contribution in [1.82, 2.24) is 4.98 Å². The molecule has 1 atom stereocenters. The van der Waals surface area contributed by atoms with Crippen LogP contribution in [-0.4, -0.2) is 28.6 Å². The molecule has 7 nitrogen and oxygen atoms in total. The number of thiazole rings is 1. The first kappa shape index (κ1) is 20.6. The Kier molecular flexibility index (Phi) is 5.47. The number of nitrogens with zero attached hydrogens (tertiary/aromatic N) is 3. The van der Waals surface area contributed by atoms with E-state index in [0.717, 1.165) is 17.0 Å². The van der Waals surface area contributed by atoms with Gasteiger partial charge in [-0.1, -0.05) is 18.2 Å². The predicted octanol–water partition coefficient (Wildman–Crippen LogP) is 3.46. The molecule has 3 N–H and O–H groups in total. The highest BCUT2D eigenvalue weighted by Crippen LogP contribution is 2.31. The van der Waals surface area contributed by atoms with Crippen LogP contribution in [0, 0.1) is 18.6 Å². The van der Waals surface area contributed by atoms with Gasteiger partial charge in [0.2, 0.25) is 5.91 Å². The summed E-state index contributed by atoms with van der Waals surface area (Å²) in [6.45, 7) is 1.76. The molecule has 1 aliphatic heterocycles. The molecular weight excluding hydrogens is 424 g/mol. The van der Waals surface area contributed by atoms with Crippen LogP contribution in [0.15, 0.2) is 53.6 Å². The van der Waals surface area contributed by atoms with Crippen LogP contribution in [0.1, 0.15) is 11.3 Å². The molecule has 31 heavy (non-hydrogen) atoms. The lowest BCUT2D eigenvalue weighted by Gasteiger charge is -2.20. The second kappa shape index (κ2) is 8.23. The number of hydrogen-bond acceptors (Lipinski definition) is 6. The molecule has 2 amide bonds. The Morgan fingerprint density at radius 1 is 1.16 bits per heavy atom. The number of aromatic nitrogens is 1. The summed E-state index contributed by atoms with van der Waals surface area (Å²) < 4.78 is 26.8. The first-order chi connectivity index (χ1) is 14.8. The van der Waals surface area contributed by atoms with Crippen molar-refractivity contribution in [3.63, 3.8) is 0 Å². The maximum Gasteiger partial charge on any atom is 0.273 e. The van der Waals surface area contributed by atoms with E-state index in [1.165, 1.54) is 22.4 Å². The van der Waals surface area contributed by atoms with Crippen molar-refractivity contribution in [2.24, 2.45) is 10.8 Å². The molecule has 0 fully saturated rings. The van der Waals surface area contributed by atoms with Crippen LogP contribution < -0.4 is 16.1 Å². The first-order valence-electron chi connectivity index (χ1n) is 9.28. The van der Waals surface area contributed by atoms with Crippen LogP contribution in [0.3, 0.4) is 0 Å². The SMILES string of the molecule is Cc1sc(NC(=O)C2=NN(c3ccccc3)C(C(N)=O)C2)nc1-c1ccc(F)c(F)c1. The number of nitrogens with one attached hydrogen (secondary N) is 1. The number of primary amides is 1. The van der Waals surface area contributed by atoms with Gasteiger partial charge in [0.1, 0.15) is 11.8 Å². The number of nitrogens with two attached hydrogens (primary N) is 1. The van der Waals surface area contributed by atoms with Gasteiger partial charge >= 0.3 is 0 Å². The van der Waals surface area contributed by atoms with E-state index in [1.54, 1.807) is 31.2 Å². The van der Waals surface area contributed by atoms with E-state index in [2.05, 4.69) is 15.4 Å². The van der Waals surface area contributed by atoms with Gasteiger partial charge in [-0.3, -0.25) is 19.9 Å². The van der Waals surface area contributed by atoms with Gasteiger partial charge in [-0.2, -0.15) is 5.10 Å². The molecule has 4 rings (SSSR count). The minimum atomic E-state index is -0.978. The molecule has 0 spiro atoms. The molecule has 1 unspecified atom stereocenters. The van der Waals surface area contributed by atoms with Gasteiger partial charge in [-0.15, -0.1) is 11.3 Å². The van der Waals surface area contributed by atoms with E-state index < -0.39 is 29.5 Å². The van der Waals surface area contributed by atoms with Crippen LogP contribution in [-0.2, 0) is 9.59 Å². The average Bonchev–Trinajstić information content (AvgIpc) is 3.35. The van der Waals surface area contributed by atoms with Crippen molar-refractivity contribution in [2.45, 2.75) is 19.4 Å². The Bertz CT molecular complexity index is 1200. The monoisotopic (exact) mass is 441 g/mol. The zero-order valence-electron chi connectivity index (χ0n) is 16.3. The number of halogens is 2. The summed E-state index contributed by atoms with van der Waals surface area (Å²) in [7, 11) is 0. The van der Waals surface area contributed by atoms with Gasteiger partial charge in [0.15, 0.2) is 16.8 Å². The maximum absolute atomic E-state index is 13.6. The summed E-state index contributed by atoms with van der Waals surface area (Å²) in [6.07, 6.45) is 0.0520. The van der Waals surface area contributed by atoms with Crippen molar-refractivity contribution in [3.8, 4) is 11.3 Å². The number of benzene rings is 2. The van der Waals surface area contributed by atoms with Crippen molar-refractivity contribution in [1.29, 1.82) is 0 Å². The fourth-order valence-electron chi connectivity index (χ4n) is 3.22. The molecule has 10 heteroatoms. The second-order valence-electron chi connectivity index (χ2n) is 6.86. The lowest BCUT2D eigenvalue weighted by atomic mass is 10.1. The van der Waals surface area contributed by atoms with Crippen LogP contribution >= 0.6 is 11.3 Å². The Morgan fingerprint density at radius 2 is 1.90 bits per heavy atom. The molecule has 3 aromatic rings. The zero-order valence-corrected chi connectivity index (χ0v) is 17.1. The van der Waals surface area contributed by atoms with E-state index in [4.69, 9.17) is 5.73 Å². The number of carbonyl (C=O) groups excluding carboxylic acids is 2. The van der Waals surface area contributed by atoms with Gasteiger partial charge in [-0.05, 0) is 37.3 Å². The van der Waals surface area contributed by atoms with Gasteiger partial charge < -0.3 is 5.73 Å². The summed E-state index contributed by atoms with van der Waals surface area (Å²) in [5.74, 6) is -3.04. The zero-order chi connectivity index (χ0) is 22.1. The molecular formula is C21H17F2N5O2S. The Hall–Kier alpha value is -3.66. The number of hydrogen-bond donors (Lipinski definition) is 2. The number of anilines is 2. The summed E-state index contributed by atoms with van der Waals surface area (Å²) in [5, 5.41) is 8.66. The van der Waals surface area contributed by atoms with E-state index in [-0.39, 0.29) is 17.3 Å². The molecule has 0 saturated carbocycles. The standard InChI is InChI=1S/C21H17F2N5O2S/c1-11-18(12-7-8-14(22)15(23)9-12)25-21(31-11)26-20(30)16-10-17(19(24)29)28(27-16)13-5-3-2-4-6-13/h2-9,17H,10H2,1H3,(H2,24,29)(H,25,26,30). The van der Waals surface area contributed by atoms with E-state index in [9.17, 15) is 18.4 Å². The van der Waals surface area contributed by atoms with Gasteiger partial charge in [0, 0.05) is 16.9 Å². The van der Waals surface area contributed by atoms with Crippen LogP contribution in [0.5, 0.6) is 0 Å². The average molecular weight is 441 g/mol. The predicted molar refractivity (Wildman–Crippen MR) is 115 cm³/mol. The summed E-state index contributed by atoms with van der Waals surface area (Å²) in [6, 6.07) is 11.7. The summed E-state index contributed by atoms with van der Waals surface area (Å²) >= 11 is 1.19. The summed E-state index contributed by atoms with van der Waals surface area (Å²) in [5.41, 5.74) is 7.11. The van der Waals surface area contributed by atoms with Gasteiger partial charge in [0.25, 0.3) is 5.91 Å². The Labute approximate surface area is 180 Å². The van der Waals surface area contributed by atoms with Crippen molar-refractivity contribution >= 4 is 39.7 Å². The van der Waals surface area contributed by atoms with E-state index >= 15 is 0 Å². The number of hydrazone groups is 1. The first-order valence-corrected chi connectivity index (χ1v) is 10.1. The molecule has 0 saturated heterocycles. The van der Waals surface area contributed by atoms with Crippen LogP contribution in [0.4, 0.5) is 19.6 Å². The lowest BCUT2D eigenvalue weighted by molar-refractivity contribution is -0.119. The minimum Gasteiger partial charge on any atom is -0.368 e. The Balaban J connectivity index is 1.56. The fourth-order valence-corrected chi connectivity index (χ4v) is 4.05. The highest BCUT2D eigenvalue weighted by atomic mass is 32.1. The van der Waals surface area contributed by atoms with Gasteiger partial charge in [-0.25, -0.2) is 13.8 Å². The maximum atomic E-state index is 13.6. The van der Waals surface area contributed by atoms with E-state index in [1.807, 2.05) is 6.07 Å². The normalized spacial score (nSPS) is 15.6. The molecule has 158 valence electrons. The topological polar surface area (TPSA) is 101 Å². The van der Waals surface area contributed by atoms with Crippen molar-refractivity contribution in [2.75, 3.05) is 10.3 Å². The largest absolute Gasteiger partial charge is 0.368 e. The highest BCUT2D eigenvalue weighted by Gasteiger charge is 2.35. The molecule has 2 heterocycles. The number of rotatable bonds is 5. The fraction of sp³-hybridized carbons (Fsp3) is 0.143. The van der Waals surface area contributed by atoms with Crippen molar-refractivity contribution < 1.29 is 18.4 Å². The molecule has 0 radical (unpaired) electrons. The Morgan fingerprint density at radius 3 is 2.58 bits per heavy atom. The van der Waals surface area contributed by atoms with Crippen molar-refractivity contribution in [3.05, 3.63) is 65.0 Å². The lowest BCUT2D eigenvalue weighted by Crippen LogP contribution is -2.39. The van der Waals surface area contributed by atoms with Gasteiger partial charge in [0.05, 0.1) is 11.4 Å². The highest BCUT2D eigenvalue weighted by molar-refractivity contribution is 7.16. The number of amides is 2. The molecule has 0 aliphatic carbocycles. The van der Waals surface area contributed by atoms with E-state index in [0.29, 0.717) is 16.9 Å².